The third kappa shape index (κ3) is 2.60. The number of carboxylic acids is 1. The second kappa shape index (κ2) is 4.65. The van der Waals surface area contributed by atoms with Crippen LogP contribution >= 0.6 is 0 Å². The number of carbonyl (C=O) groups is 1. The highest BCUT2D eigenvalue weighted by Crippen LogP contribution is 2.14. The Morgan fingerprint density at radius 3 is 3.00 bits per heavy atom. The molecule has 0 spiro atoms. The number of carboxylic acid groups (broad SMARTS) is 1. The first-order valence-electron chi connectivity index (χ1n) is 4.95. The Kier molecular flexibility index (Phi) is 3.04. The van der Waals surface area contributed by atoms with E-state index in [1.54, 1.807) is 24.3 Å². The minimum atomic E-state index is -1.10. The van der Waals surface area contributed by atoms with E-state index in [1.165, 1.54) is 0 Å². The first-order chi connectivity index (χ1) is 8.16. The molecule has 17 heavy (non-hydrogen) atoms. The highest BCUT2D eigenvalue weighted by atomic mass is 16.4. The van der Waals surface area contributed by atoms with Crippen molar-refractivity contribution in [1.82, 2.24) is 9.97 Å². The number of anilines is 1. The van der Waals surface area contributed by atoms with Crippen LogP contribution in [0.25, 0.3) is 0 Å². The Hall–Kier alpha value is -2.37. The van der Waals surface area contributed by atoms with E-state index in [2.05, 4.69) is 9.97 Å². The van der Waals surface area contributed by atoms with Crippen LogP contribution in [-0.2, 0) is 6.54 Å². The minimum absolute atomic E-state index is 0.0990. The average Bonchev–Trinajstić information content (AvgIpc) is 2.79. The summed E-state index contributed by atoms with van der Waals surface area (Å²) in [5.74, 6) is -1.10. The summed E-state index contributed by atoms with van der Waals surface area (Å²) >= 11 is 0. The molecule has 0 aliphatic carbocycles. The van der Waals surface area contributed by atoms with Gasteiger partial charge in [-0.15, -0.1) is 0 Å². The molecule has 0 aliphatic rings. The molecule has 0 saturated heterocycles. The highest BCUT2D eigenvalue weighted by molar-refractivity contribution is 5.85. The molecular weight excluding hydrogens is 222 g/mol. The zero-order chi connectivity index (χ0) is 12.3. The fraction of sp³-hybridized carbons (Fsp3) is 0.182. The smallest absolute Gasteiger partial charge is 0.357 e. The Balaban J connectivity index is 2.09. The van der Waals surface area contributed by atoms with Gasteiger partial charge in [-0.3, -0.25) is 4.98 Å². The molecule has 0 atom stereocenters. The van der Waals surface area contributed by atoms with Crippen molar-refractivity contribution in [3.05, 3.63) is 42.0 Å². The predicted molar refractivity (Wildman–Crippen MR) is 59.8 cm³/mol. The van der Waals surface area contributed by atoms with E-state index in [-0.39, 0.29) is 11.7 Å². The van der Waals surface area contributed by atoms with Crippen molar-refractivity contribution in [2.45, 2.75) is 6.54 Å². The standard InChI is InChI=1S/C11H11N3O3/c1-14(6-8-3-2-4-12-5-8)11-13-9(7-17-11)10(15)16/h2-5,7H,6H2,1H3,(H,15,16). The molecule has 0 bridgehead atoms. The summed E-state index contributed by atoms with van der Waals surface area (Å²) in [7, 11) is 1.77. The van der Waals surface area contributed by atoms with Gasteiger partial charge in [0.1, 0.15) is 6.26 Å². The molecule has 0 unspecified atom stereocenters. The van der Waals surface area contributed by atoms with Gasteiger partial charge in [-0.2, -0.15) is 4.98 Å². The summed E-state index contributed by atoms with van der Waals surface area (Å²) in [5.41, 5.74) is 0.892. The average molecular weight is 233 g/mol. The Bertz CT molecular complexity index is 510. The van der Waals surface area contributed by atoms with Crippen LogP contribution in [0.3, 0.4) is 0 Å². The van der Waals surface area contributed by atoms with Gasteiger partial charge in [0, 0.05) is 26.0 Å². The van der Waals surface area contributed by atoms with E-state index in [1.807, 2.05) is 12.1 Å². The molecular formula is C11H11N3O3. The van der Waals surface area contributed by atoms with Crippen LogP contribution in [0.15, 0.2) is 35.2 Å². The van der Waals surface area contributed by atoms with Crippen molar-refractivity contribution >= 4 is 12.0 Å². The molecule has 2 aromatic rings. The van der Waals surface area contributed by atoms with E-state index in [9.17, 15) is 4.79 Å². The molecule has 0 amide bonds. The van der Waals surface area contributed by atoms with E-state index in [0.717, 1.165) is 11.8 Å². The zero-order valence-electron chi connectivity index (χ0n) is 9.20. The summed E-state index contributed by atoms with van der Waals surface area (Å²) in [6, 6.07) is 4.03. The summed E-state index contributed by atoms with van der Waals surface area (Å²) in [6.07, 6.45) is 4.55. The topological polar surface area (TPSA) is 79.5 Å². The van der Waals surface area contributed by atoms with Gasteiger partial charge in [-0.05, 0) is 11.6 Å². The molecule has 6 nitrogen and oxygen atoms in total. The lowest BCUT2D eigenvalue weighted by molar-refractivity contribution is 0.0690. The third-order valence-electron chi connectivity index (χ3n) is 2.18. The van der Waals surface area contributed by atoms with Crippen LogP contribution in [0.1, 0.15) is 16.1 Å². The van der Waals surface area contributed by atoms with E-state index < -0.39 is 5.97 Å². The molecule has 0 fully saturated rings. The molecule has 6 heteroatoms. The monoisotopic (exact) mass is 233 g/mol. The van der Waals surface area contributed by atoms with Crippen LogP contribution in [-0.4, -0.2) is 28.1 Å². The lowest BCUT2D eigenvalue weighted by atomic mass is 10.3. The van der Waals surface area contributed by atoms with Crippen molar-refractivity contribution < 1.29 is 14.3 Å². The molecule has 88 valence electrons. The quantitative estimate of drug-likeness (QED) is 0.859. The lowest BCUT2D eigenvalue weighted by Crippen LogP contribution is -2.17. The van der Waals surface area contributed by atoms with E-state index in [0.29, 0.717) is 6.54 Å². The number of oxazole rings is 1. The van der Waals surface area contributed by atoms with Gasteiger partial charge in [0.25, 0.3) is 6.01 Å². The first kappa shape index (κ1) is 11.1. The minimum Gasteiger partial charge on any atom is -0.476 e. The lowest BCUT2D eigenvalue weighted by Gasteiger charge is -2.13. The largest absolute Gasteiger partial charge is 0.476 e. The maximum Gasteiger partial charge on any atom is 0.357 e. The van der Waals surface area contributed by atoms with Gasteiger partial charge in [0.15, 0.2) is 5.69 Å². The summed E-state index contributed by atoms with van der Waals surface area (Å²) in [4.78, 5) is 20.2. The van der Waals surface area contributed by atoms with Gasteiger partial charge in [-0.1, -0.05) is 6.07 Å². The van der Waals surface area contributed by atoms with Gasteiger partial charge in [0.05, 0.1) is 0 Å². The van der Waals surface area contributed by atoms with Crippen molar-refractivity contribution in [3.63, 3.8) is 0 Å². The van der Waals surface area contributed by atoms with Crippen LogP contribution in [0.4, 0.5) is 6.01 Å². The first-order valence-corrected chi connectivity index (χ1v) is 4.95. The molecule has 2 aromatic heterocycles. The van der Waals surface area contributed by atoms with Gasteiger partial charge >= 0.3 is 5.97 Å². The van der Waals surface area contributed by atoms with E-state index in [4.69, 9.17) is 9.52 Å². The molecule has 0 radical (unpaired) electrons. The molecule has 0 aromatic carbocycles. The van der Waals surface area contributed by atoms with Gasteiger partial charge in [-0.25, -0.2) is 4.79 Å². The summed E-state index contributed by atoms with van der Waals surface area (Å²) in [6.45, 7) is 0.549. The maximum atomic E-state index is 10.6. The van der Waals surface area contributed by atoms with E-state index >= 15 is 0 Å². The number of hydrogen-bond donors (Lipinski definition) is 1. The highest BCUT2D eigenvalue weighted by Gasteiger charge is 2.13. The number of hydrogen-bond acceptors (Lipinski definition) is 5. The molecule has 0 saturated carbocycles. The van der Waals surface area contributed by atoms with Crippen molar-refractivity contribution in [3.8, 4) is 0 Å². The zero-order valence-corrected chi connectivity index (χ0v) is 9.20. The van der Waals surface area contributed by atoms with Crippen molar-refractivity contribution in [1.29, 1.82) is 0 Å². The number of aromatic nitrogens is 2. The number of nitrogens with zero attached hydrogens (tertiary/aromatic N) is 3. The van der Waals surface area contributed by atoms with Crippen LogP contribution in [0.2, 0.25) is 0 Å². The van der Waals surface area contributed by atoms with Crippen LogP contribution in [0, 0.1) is 0 Å². The molecule has 2 heterocycles. The molecule has 1 N–H and O–H groups in total. The SMILES string of the molecule is CN(Cc1cccnc1)c1nc(C(=O)O)co1. The van der Waals surface area contributed by atoms with Crippen LogP contribution in [0.5, 0.6) is 0 Å². The van der Waals surface area contributed by atoms with Gasteiger partial charge < -0.3 is 14.4 Å². The fourth-order valence-electron chi connectivity index (χ4n) is 1.37. The van der Waals surface area contributed by atoms with Crippen molar-refractivity contribution in [2.24, 2.45) is 0 Å². The third-order valence-corrected chi connectivity index (χ3v) is 2.18. The van der Waals surface area contributed by atoms with Crippen LogP contribution < -0.4 is 4.90 Å². The molecule has 0 aliphatic heterocycles. The second-order valence-electron chi connectivity index (χ2n) is 3.54. The Labute approximate surface area is 97.5 Å². The number of rotatable bonds is 4. The van der Waals surface area contributed by atoms with Crippen molar-refractivity contribution in [2.75, 3.05) is 11.9 Å². The Morgan fingerprint density at radius 2 is 2.41 bits per heavy atom. The fourth-order valence-corrected chi connectivity index (χ4v) is 1.37. The summed E-state index contributed by atoms with van der Waals surface area (Å²) in [5, 5.41) is 8.72. The predicted octanol–water partition coefficient (Wildman–Crippen LogP) is 1.40. The second-order valence-corrected chi connectivity index (χ2v) is 3.54. The number of pyridine rings is 1. The summed E-state index contributed by atoms with van der Waals surface area (Å²) < 4.78 is 5.07. The molecule has 2 rings (SSSR count). The van der Waals surface area contributed by atoms with Gasteiger partial charge in [0.2, 0.25) is 0 Å². The maximum absolute atomic E-state index is 10.6. The Morgan fingerprint density at radius 1 is 1.59 bits per heavy atom. The number of aromatic carboxylic acids is 1. The normalized spacial score (nSPS) is 10.2.